The number of carbonyl (C=O) groups is 3. The first-order valence-electron chi connectivity index (χ1n) is 17.6. The molecule has 2 aliphatic carbocycles. The fourth-order valence-electron chi connectivity index (χ4n) is 6.52. The highest BCUT2D eigenvalue weighted by atomic mass is 32.2. The van der Waals surface area contributed by atoms with E-state index in [0.29, 0.717) is 54.3 Å². The molecule has 13 nitrogen and oxygen atoms in total. The predicted octanol–water partition coefficient (Wildman–Crippen LogP) is 6.12. The molecule has 0 unspecified atom stereocenters. The molecule has 2 saturated carbocycles. The number of rotatable bonds is 14. The number of unbranched alkanes of at least 4 members (excludes halogenated alkanes) is 2. The standard InChI is InChI=1S/C37H41F3N6O7S2/c1-6-8-9-10-15-41-31(47)26-16-23(19-46(26)34(49)44-36(18-22(36)7-2)33(48)45-55(50,51)35(4)13-14-35)53-28-17-25(32-43-29(20-54-32)37(38,39)40)42-30-21(3)27(52-5)12-11-24(28)30/h6-7,11-12,15,17,20,22-23,26H,1-2,8-10,13-14,16,18-19H2,3-5H3,(H,44,49)(H,45,48)/b41-15+/t22-,23+,26+,36-/m1/s1. The van der Waals surface area contributed by atoms with Gasteiger partial charge >= 0.3 is 12.2 Å². The summed E-state index contributed by atoms with van der Waals surface area (Å²) < 4.78 is 79.3. The highest BCUT2D eigenvalue weighted by Crippen LogP contribution is 2.47. The lowest BCUT2D eigenvalue weighted by atomic mass is 10.1. The topological polar surface area (TPSA) is 169 Å². The van der Waals surface area contributed by atoms with Crippen LogP contribution in [-0.2, 0) is 25.8 Å². The maximum atomic E-state index is 14.1. The number of benzene rings is 1. The second-order valence-electron chi connectivity index (χ2n) is 14.2. The quantitative estimate of drug-likeness (QED) is 0.111. The Bertz CT molecular complexity index is 2190. The second kappa shape index (κ2) is 15.0. The van der Waals surface area contributed by atoms with E-state index in [1.807, 2.05) is 0 Å². The Morgan fingerprint density at radius 3 is 2.53 bits per heavy atom. The number of nitrogens with zero attached hydrogens (tertiary/aromatic N) is 4. The van der Waals surface area contributed by atoms with Gasteiger partial charge in [0.1, 0.15) is 39.9 Å². The number of amides is 4. The minimum Gasteiger partial charge on any atom is -0.496 e. The average Bonchev–Trinajstić information content (AvgIpc) is 3.91. The molecule has 3 aromatic rings. The van der Waals surface area contributed by atoms with Crippen molar-refractivity contribution in [3.8, 4) is 22.2 Å². The lowest BCUT2D eigenvalue weighted by Crippen LogP contribution is -2.57. The third kappa shape index (κ3) is 7.97. The highest BCUT2D eigenvalue weighted by molar-refractivity contribution is 7.91. The van der Waals surface area contributed by atoms with E-state index in [0.717, 1.165) is 16.7 Å². The van der Waals surface area contributed by atoms with Gasteiger partial charge in [0.2, 0.25) is 10.0 Å². The number of aryl methyl sites for hydroxylation is 1. The molecule has 6 rings (SSSR count). The molecular formula is C37H41F3N6O7S2. The Morgan fingerprint density at radius 1 is 1.16 bits per heavy atom. The summed E-state index contributed by atoms with van der Waals surface area (Å²) in [6.07, 6.45) is 1.91. The number of methoxy groups -OCH3 is 1. The van der Waals surface area contributed by atoms with E-state index >= 15 is 0 Å². The van der Waals surface area contributed by atoms with Gasteiger partial charge in [-0.2, -0.15) is 13.2 Å². The van der Waals surface area contributed by atoms with Crippen molar-refractivity contribution in [3.05, 3.63) is 60.1 Å². The molecule has 1 saturated heterocycles. The smallest absolute Gasteiger partial charge is 0.434 e. The van der Waals surface area contributed by atoms with Gasteiger partial charge in [-0.25, -0.2) is 28.2 Å². The molecule has 2 N–H and O–H groups in total. The van der Waals surface area contributed by atoms with Crippen LogP contribution in [0.5, 0.6) is 11.5 Å². The van der Waals surface area contributed by atoms with Crippen LogP contribution >= 0.6 is 11.3 Å². The van der Waals surface area contributed by atoms with Crippen LogP contribution in [0.15, 0.2) is 53.9 Å². The molecule has 3 aliphatic rings. The molecule has 18 heteroatoms. The van der Waals surface area contributed by atoms with E-state index in [2.05, 4.69) is 38.2 Å². The summed E-state index contributed by atoms with van der Waals surface area (Å²) in [5, 5.41) is 4.08. The number of ether oxygens (including phenoxy) is 2. The summed E-state index contributed by atoms with van der Waals surface area (Å²) in [6.45, 7) is 10.5. The number of fused-ring (bicyclic) bond motifs is 1. The van der Waals surface area contributed by atoms with Gasteiger partial charge in [-0.15, -0.1) is 24.5 Å². The number of alkyl halides is 3. The summed E-state index contributed by atoms with van der Waals surface area (Å²) in [4.78, 5) is 54.9. The number of halogens is 3. The monoisotopic (exact) mass is 802 g/mol. The fourth-order valence-corrected chi connectivity index (χ4v) is 8.62. The molecule has 2 aromatic heterocycles. The number of pyridine rings is 1. The molecule has 3 heterocycles. The van der Waals surface area contributed by atoms with Crippen molar-refractivity contribution in [2.75, 3.05) is 13.7 Å². The van der Waals surface area contributed by atoms with Gasteiger partial charge in [-0.3, -0.25) is 14.3 Å². The number of urea groups is 1. The number of carbonyl (C=O) groups excluding carboxylic acids is 3. The van der Waals surface area contributed by atoms with Crippen LogP contribution in [0.2, 0.25) is 0 Å². The zero-order valence-electron chi connectivity index (χ0n) is 30.4. The van der Waals surface area contributed by atoms with E-state index in [9.17, 15) is 36.0 Å². The van der Waals surface area contributed by atoms with Gasteiger partial charge < -0.3 is 19.7 Å². The van der Waals surface area contributed by atoms with E-state index < -0.39 is 68.1 Å². The van der Waals surface area contributed by atoms with Crippen LogP contribution in [-0.4, -0.2) is 83.4 Å². The summed E-state index contributed by atoms with van der Waals surface area (Å²) >= 11 is 0.765. The van der Waals surface area contributed by atoms with E-state index in [4.69, 9.17) is 9.47 Å². The number of sulfonamides is 1. The van der Waals surface area contributed by atoms with E-state index in [-0.39, 0.29) is 35.8 Å². The van der Waals surface area contributed by atoms with Crippen molar-refractivity contribution in [2.24, 2.45) is 10.9 Å². The number of aromatic nitrogens is 2. The molecule has 4 amide bonds. The Kier molecular flexibility index (Phi) is 10.9. The number of hydrogen-bond donors (Lipinski definition) is 2. The van der Waals surface area contributed by atoms with Crippen molar-refractivity contribution in [1.29, 1.82) is 0 Å². The Hall–Kier alpha value is -4.84. The first-order valence-corrected chi connectivity index (χ1v) is 20.0. The Morgan fingerprint density at radius 2 is 1.91 bits per heavy atom. The Balaban J connectivity index is 1.31. The molecule has 0 bridgehead atoms. The van der Waals surface area contributed by atoms with Gasteiger partial charge in [-0.05, 0) is 64.5 Å². The zero-order valence-corrected chi connectivity index (χ0v) is 32.1. The average molecular weight is 803 g/mol. The van der Waals surface area contributed by atoms with Crippen molar-refractivity contribution in [1.82, 2.24) is 24.9 Å². The van der Waals surface area contributed by atoms with Crippen molar-refractivity contribution < 1.29 is 45.4 Å². The van der Waals surface area contributed by atoms with E-state index in [1.165, 1.54) is 37.3 Å². The molecule has 4 atom stereocenters. The molecule has 1 aliphatic heterocycles. The molecule has 3 fully saturated rings. The van der Waals surface area contributed by atoms with Crippen LogP contribution < -0.4 is 19.5 Å². The lowest BCUT2D eigenvalue weighted by Gasteiger charge is -2.26. The molecule has 294 valence electrons. The van der Waals surface area contributed by atoms with Crippen molar-refractivity contribution >= 4 is 56.3 Å². The molecular weight excluding hydrogens is 762 g/mol. The van der Waals surface area contributed by atoms with Gasteiger partial charge in [-0.1, -0.05) is 12.2 Å². The minimum absolute atomic E-state index is 0.00459. The second-order valence-corrected chi connectivity index (χ2v) is 17.2. The normalized spacial score (nSPS) is 23.0. The highest BCUT2D eigenvalue weighted by Gasteiger charge is 2.63. The van der Waals surface area contributed by atoms with Crippen LogP contribution in [0, 0.1) is 12.8 Å². The van der Waals surface area contributed by atoms with Crippen LogP contribution in [0.25, 0.3) is 21.6 Å². The molecule has 0 radical (unpaired) electrons. The zero-order chi connectivity index (χ0) is 39.9. The predicted molar refractivity (Wildman–Crippen MR) is 200 cm³/mol. The summed E-state index contributed by atoms with van der Waals surface area (Å²) in [6, 6.07) is 2.89. The van der Waals surface area contributed by atoms with Crippen LogP contribution in [0.3, 0.4) is 0 Å². The maximum Gasteiger partial charge on any atom is 0.434 e. The number of aliphatic imine (C=N–C) groups is 1. The first kappa shape index (κ1) is 39.8. The van der Waals surface area contributed by atoms with Crippen molar-refractivity contribution in [3.63, 3.8) is 0 Å². The fraction of sp³-hybridized carbons (Fsp3) is 0.459. The third-order valence-electron chi connectivity index (χ3n) is 10.3. The van der Waals surface area contributed by atoms with Gasteiger partial charge in [0.05, 0.1) is 23.9 Å². The maximum absolute atomic E-state index is 14.1. The van der Waals surface area contributed by atoms with Crippen LogP contribution in [0.1, 0.15) is 63.1 Å². The summed E-state index contributed by atoms with van der Waals surface area (Å²) in [5.74, 6) is -1.41. The Labute approximate surface area is 320 Å². The number of thiazole rings is 1. The van der Waals surface area contributed by atoms with Crippen LogP contribution in [0.4, 0.5) is 18.0 Å². The minimum atomic E-state index is -4.66. The van der Waals surface area contributed by atoms with Gasteiger partial charge in [0.25, 0.3) is 11.8 Å². The lowest BCUT2D eigenvalue weighted by molar-refractivity contribution is -0.140. The SMILES string of the molecule is C=CCCC/C=N/C(=O)[C@@H]1C[C@H](Oc2cc(-c3nc(C(F)(F)F)cs3)nc3c(C)c(OC)ccc23)CN1C(=O)N[C@]1(C(=O)NS(=O)(=O)C2(C)CC2)C[C@H]1C=C. The summed E-state index contributed by atoms with van der Waals surface area (Å²) in [7, 11) is -2.55. The molecule has 55 heavy (non-hydrogen) atoms. The van der Waals surface area contributed by atoms with Gasteiger partial charge in [0, 0.05) is 40.9 Å². The number of likely N-dealkylation sites (tertiary alicyclic amines) is 1. The number of hydrogen-bond acceptors (Lipinski definition) is 10. The molecule has 0 spiro atoms. The number of allylic oxidation sites excluding steroid dienone is 1. The number of nitrogens with one attached hydrogen (secondary N) is 2. The van der Waals surface area contributed by atoms with Crippen molar-refractivity contribution in [2.45, 2.75) is 87.4 Å². The summed E-state index contributed by atoms with van der Waals surface area (Å²) in [5.41, 5.74) is -1.60. The largest absolute Gasteiger partial charge is 0.496 e. The van der Waals surface area contributed by atoms with E-state index in [1.54, 1.807) is 25.1 Å². The van der Waals surface area contributed by atoms with Gasteiger partial charge in [0.15, 0.2) is 5.69 Å². The first-order chi connectivity index (χ1) is 26.0. The third-order valence-corrected chi connectivity index (χ3v) is 13.3. The molecule has 1 aromatic carbocycles.